The maximum Gasteiger partial charge on any atom is 0.254 e. The molecule has 0 aliphatic rings. The zero-order chi connectivity index (χ0) is 15.5. The fourth-order valence-electron chi connectivity index (χ4n) is 1.87. The molecule has 0 spiro atoms. The van der Waals surface area contributed by atoms with Crippen LogP contribution in [0.25, 0.3) is 0 Å². The molecule has 0 aliphatic heterocycles. The summed E-state index contributed by atoms with van der Waals surface area (Å²) in [4.78, 5) is 17.0. The zero-order valence-electron chi connectivity index (χ0n) is 11.8. The van der Waals surface area contributed by atoms with Gasteiger partial charge in [0.05, 0.1) is 5.56 Å². The predicted octanol–water partition coefficient (Wildman–Crippen LogP) is 2.28. The largest absolute Gasteiger partial charge is 0.351 e. The van der Waals surface area contributed by atoms with E-state index in [0.29, 0.717) is 6.54 Å². The molecule has 0 fully saturated rings. The molecule has 0 saturated heterocycles. The number of hydrogen-bond donors (Lipinski definition) is 3. The van der Waals surface area contributed by atoms with Gasteiger partial charge in [0.1, 0.15) is 0 Å². The smallest absolute Gasteiger partial charge is 0.254 e. The van der Waals surface area contributed by atoms with Crippen molar-refractivity contribution < 1.29 is 9.18 Å². The minimum Gasteiger partial charge on any atom is -0.351 e. The number of hydrazine groups is 1. The molecule has 0 aliphatic carbocycles. The average molecular weight is 308 g/mol. The van der Waals surface area contributed by atoms with E-state index in [4.69, 9.17) is 5.84 Å². The van der Waals surface area contributed by atoms with Crippen molar-refractivity contribution in [3.63, 3.8) is 0 Å². The van der Waals surface area contributed by atoms with Gasteiger partial charge >= 0.3 is 0 Å². The van der Waals surface area contributed by atoms with Crippen LogP contribution in [0.15, 0.2) is 29.8 Å². The number of amides is 1. The second-order valence-electron chi connectivity index (χ2n) is 5.21. The first-order valence-corrected chi connectivity index (χ1v) is 7.27. The molecule has 5 nitrogen and oxygen atoms in total. The van der Waals surface area contributed by atoms with Gasteiger partial charge in [-0.1, -0.05) is 19.9 Å². The number of hydrogen-bond acceptors (Lipinski definition) is 5. The third-order valence-corrected chi connectivity index (χ3v) is 4.39. The molecule has 0 saturated carbocycles. The molecule has 0 unspecified atom stereocenters. The fourth-order valence-corrected chi connectivity index (χ4v) is 2.72. The number of rotatable bonds is 5. The van der Waals surface area contributed by atoms with Crippen molar-refractivity contribution in [2.75, 3.05) is 12.0 Å². The molecule has 2 aromatic heterocycles. The highest BCUT2D eigenvalue weighted by molar-refractivity contribution is 7.10. The Balaban J connectivity index is 2.09. The summed E-state index contributed by atoms with van der Waals surface area (Å²) in [7, 11) is 0. The molecule has 0 aromatic carbocycles. The summed E-state index contributed by atoms with van der Waals surface area (Å²) >= 11 is 1.62. The van der Waals surface area contributed by atoms with Crippen LogP contribution in [0.4, 0.5) is 10.2 Å². The Hall–Kier alpha value is -1.99. The van der Waals surface area contributed by atoms with E-state index in [0.717, 1.165) is 4.88 Å². The number of nitrogens with one attached hydrogen (secondary N) is 2. The van der Waals surface area contributed by atoms with E-state index in [1.807, 2.05) is 31.4 Å². The molecular weight excluding hydrogens is 291 g/mol. The van der Waals surface area contributed by atoms with E-state index < -0.39 is 11.7 Å². The van der Waals surface area contributed by atoms with Crippen LogP contribution < -0.4 is 16.6 Å². The van der Waals surface area contributed by atoms with Crippen LogP contribution >= 0.6 is 11.3 Å². The average Bonchev–Trinajstić information content (AvgIpc) is 3.00. The first kappa shape index (κ1) is 15.4. The number of carbonyl (C=O) groups excluding carboxylic acids is 1. The highest BCUT2D eigenvalue weighted by Crippen LogP contribution is 2.26. The number of nitrogens with two attached hydrogens (primary N) is 1. The number of thiophene rings is 1. The zero-order valence-corrected chi connectivity index (χ0v) is 12.6. The van der Waals surface area contributed by atoms with Crippen molar-refractivity contribution in [3.05, 3.63) is 46.0 Å². The quantitative estimate of drug-likeness (QED) is 0.585. The van der Waals surface area contributed by atoms with Crippen LogP contribution in [-0.4, -0.2) is 17.4 Å². The summed E-state index contributed by atoms with van der Waals surface area (Å²) < 4.78 is 14.0. The van der Waals surface area contributed by atoms with Gasteiger partial charge in [-0.3, -0.25) is 4.79 Å². The molecule has 2 heterocycles. The lowest BCUT2D eigenvalue weighted by Gasteiger charge is -2.23. The molecule has 2 rings (SSSR count). The van der Waals surface area contributed by atoms with E-state index in [1.54, 1.807) is 11.3 Å². The lowest BCUT2D eigenvalue weighted by Crippen LogP contribution is -2.36. The van der Waals surface area contributed by atoms with Gasteiger partial charge in [0.25, 0.3) is 5.91 Å². The van der Waals surface area contributed by atoms with Gasteiger partial charge in [-0.2, -0.15) is 0 Å². The molecule has 2 aromatic rings. The number of halogens is 1. The first-order chi connectivity index (χ1) is 9.95. The molecule has 0 radical (unpaired) electrons. The van der Waals surface area contributed by atoms with Crippen molar-refractivity contribution in [2.45, 2.75) is 19.3 Å². The number of nitrogen functional groups attached to an aromatic ring is 1. The first-order valence-electron chi connectivity index (χ1n) is 6.39. The van der Waals surface area contributed by atoms with Gasteiger partial charge in [-0.05, 0) is 17.5 Å². The third-order valence-electron chi connectivity index (χ3n) is 3.15. The molecule has 0 atom stereocenters. The Kier molecular flexibility index (Phi) is 4.54. The van der Waals surface area contributed by atoms with Crippen molar-refractivity contribution in [2.24, 2.45) is 5.84 Å². The Labute approximate surface area is 126 Å². The summed E-state index contributed by atoms with van der Waals surface area (Å²) in [6.45, 7) is 4.45. The van der Waals surface area contributed by atoms with Crippen LogP contribution in [0.2, 0.25) is 0 Å². The molecular formula is C14H17FN4OS. The van der Waals surface area contributed by atoms with Crippen molar-refractivity contribution in [1.29, 1.82) is 0 Å². The van der Waals surface area contributed by atoms with E-state index in [1.165, 1.54) is 12.3 Å². The lowest BCUT2D eigenvalue weighted by atomic mass is 9.91. The SMILES string of the molecule is CC(C)(CNC(=O)c1ccnc(NN)c1F)c1cccs1. The van der Waals surface area contributed by atoms with E-state index in [-0.39, 0.29) is 16.8 Å². The van der Waals surface area contributed by atoms with Crippen LogP contribution in [0.1, 0.15) is 29.1 Å². The summed E-state index contributed by atoms with van der Waals surface area (Å²) in [5.41, 5.74) is 1.82. The minimum absolute atomic E-state index is 0.0834. The Morgan fingerprint density at radius 1 is 1.48 bits per heavy atom. The molecule has 21 heavy (non-hydrogen) atoms. The van der Waals surface area contributed by atoms with Gasteiger partial charge in [0, 0.05) is 23.0 Å². The molecule has 112 valence electrons. The third kappa shape index (κ3) is 3.37. The van der Waals surface area contributed by atoms with E-state index >= 15 is 0 Å². The lowest BCUT2D eigenvalue weighted by molar-refractivity contribution is 0.0942. The van der Waals surface area contributed by atoms with Crippen molar-refractivity contribution in [1.82, 2.24) is 10.3 Å². The normalized spacial score (nSPS) is 11.2. The van der Waals surface area contributed by atoms with Gasteiger partial charge in [-0.25, -0.2) is 15.2 Å². The van der Waals surface area contributed by atoms with Crippen LogP contribution in [-0.2, 0) is 5.41 Å². The second-order valence-corrected chi connectivity index (χ2v) is 6.16. The van der Waals surface area contributed by atoms with Gasteiger partial charge in [0.2, 0.25) is 0 Å². The Bertz CT molecular complexity index is 628. The van der Waals surface area contributed by atoms with Crippen LogP contribution in [0.3, 0.4) is 0 Å². The summed E-state index contributed by atoms with van der Waals surface area (Å²) in [5, 5.41) is 4.74. The van der Waals surface area contributed by atoms with Gasteiger partial charge in [0.15, 0.2) is 11.6 Å². The van der Waals surface area contributed by atoms with Gasteiger partial charge in [-0.15, -0.1) is 11.3 Å². The molecule has 7 heteroatoms. The van der Waals surface area contributed by atoms with Crippen molar-refractivity contribution in [3.8, 4) is 0 Å². The van der Waals surface area contributed by atoms with Gasteiger partial charge < -0.3 is 10.7 Å². The topological polar surface area (TPSA) is 80.0 Å². The van der Waals surface area contributed by atoms with E-state index in [2.05, 4.69) is 15.7 Å². The fraction of sp³-hybridized carbons (Fsp3) is 0.286. The second kappa shape index (κ2) is 6.19. The summed E-state index contributed by atoms with van der Waals surface area (Å²) in [6.07, 6.45) is 1.33. The maximum absolute atomic E-state index is 14.0. The summed E-state index contributed by atoms with van der Waals surface area (Å²) in [5.74, 6) is 3.74. The molecule has 4 N–H and O–H groups in total. The standard InChI is InChI=1S/C14H17FN4OS/c1-14(2,10-4-3-7-21-10)8-18-13(20)9-5-6-17-12(19-16)11(9)15/h3-7H,8,16H2,1-2H3,(H,17,19)(H,18,20). The van der Waals surface area contributed by atoms with Crippen LogP contribution in [0.5, 0.6) is 0 Å². The number of nitrogens with zero attached hydrogens (tertiary/aromatic N) is 1. The Morgan fingerprint density at radius 3 is 2.86 bits per heavy atom. The number of carbonyl (C=O) groups is 1. The molecule has 0 bridgehead atoms. The maximum atomic E-state index is 14.0. The minimum atomic E-state index is -0.758. The van der Waals surface area contributed by atoms with Crippen LogP contribution in [0, 0.1) is 5.82 Å². The molecule has 1 amide bonds. The van der Waals surface area contributed by atoms with Crippen molar-refractivity contribution >= 4 is 23.1 Å². The monoisotopic (exact) mass is 308 g/mol. The highest BCUT2D eigenvalue weighted by Gasteiger charge is 2.24. The Morgan fingerprint density at radius 2 is 2.24 bits per heavy atom. The number of anilines is 1. The number of aromatic nitrogens is 1. The van der Waals surface area contributed by atoms with E-state index in [9.17, 15) is 9.18 Å². The highest BCUT2D eigenvalue weighted by atomic mass is 32.1. The summed E-state index contributed by atoms with van der Waals surface area (Å²) in [6, 6.07) is 5.30. The number of pyridine rings is 1. The predicted molar refractivity (Wildman–Crippen MR) is 81.7 cm³/mol.